The molecule has 7 nitrogen and oxygen atoms in total. The molecule has 0 atom stereocenters. The summed E-state index contributed by atoms with van der Waals surface area (Å²) in [5, 5.41) is 14.0. The van der Waals surface area contributed by atoms with Crippen LogP contribution in [0, 0.1) is 0 Å². The van der Waals surface area contributed by atoms with Crippen LogP contribution in [0.3, 0.4) is 0 Å². The highest BCUT2D eigenvalue weighted by molar-refractivity contribution is 7.99. The predicted octanol–water partition coefficient (Wildman–Crippen LogP) is 4.85. The summed E-state index contributed by atoms with van der Waals surface area (Å²) in [6.07, 6.45) is -2.62. The van der Waals surface area contributed by atoms with Gasteiger partial charge in [-0.2, -0.15) is 13.2 Å². The largest absolute Gasteiger partial charge is 0.418 e. The van der Waals surface area contributed by atoms with Crippen LogP contribution >= 0.6 is 11.8 Å². The highest BCUT2D eigenvalue weighted by Crippen LogP contribution is 2.41. The van der Waals surface area contributed by atoms with E-state index in [9.17, 15) is 22.8 Å². The van der Waals surface area contributed by atoms with Crippen molar-refractivity contribution in [2.75, 3.05) is 16.4 Å². The number of para-hydroxylation sites is 1. The van der Waals surface area contributed by atoms with Gasteiger partial charge in [-0.05, 0) is 43.2 Å². The molecule has 2 amide bonds. The van der Waals surface area contributed by atoms with Gasteiger partial charge in [-0.3, -0.25) is 14.2 Å². The molecule has 4 rings (SSSR count). The SMILES string of the molecule is CC(=O)Nc1cccc(-n2c(SCC(=O)Nc3ccccc3C(F)(F)F)nnc2C2CC2)c1. The van der Waals surface area contributed by atoms with Crippen molar-refractivity contribution in [1.29, 1.82) is 0 Å². The number of nitrogens with one attached hydrogen (secondary N) is 2. The molecule has 1 aliphatic carbocycles. The van der Waals surface area contributed by atoms with E-state index in [0.29, 0.717) is 10.8 Å². The van der Waals surface area contributed by atoms with Crippen molar-refractivity contribution in [2.45, 2.75) is 37.0 Å². The normalized spacial score (nSPS) is 13.6. The maximum absolute atomic E-state index is 13.2. The molecule has 1 saturated carbocycles. The smallest absolute Gasteiger partial charge is 0.326 e. The molecule has 3 aromatic rings. The average Bonchev–Trinajstić information content (AvgIpc) is 3.51. The van der Waals surface area contributed by atoms with Crippen LogP contribution in [0.25, 0.3) is 5.69 Å². The molecular weight excluding hydrogens is 455 g/mol. The summed E-state index contributed by atoms with van der Waals surface area (Å²) in [6, 6.07) is 12.0. The Bertz CT molecular complexity index is 1190. The van der Waals surface area contributed by atoms with Crippen molar-refractivity contribution in [3.63, 3.8) is 0 Å². The molecular formula is C22H20F3N5O2S. The van der Waals surface area contributed by atoms with Gasteiger partial charge in [-0.15, -0.1) is 10.2 Å². The average molecular weight is 475 g/mol. The molecule has 0 saturated heterocycles. The molecule has 2 N–H and O–H groups in total. The van der Waals surface area contributed by atoms with Gasteiger partial charge < -0.3 is 10.6 Å². The first-order chi connectivity index (χ1) is 15.7. The summed E-state index contributed by atoms with van der Waals surface area (Å²) < 4.78 is 41.4. The van der Waals surface area contributed by atoms with Gasteiger partial charge in [0.15, 0.2) is 5.16 Å². The molecule has 1 aliphatic rings. The van der Waals surface area contributed by atoms with Crippen molar-refractivity contribution < 1.29 is 22.8 Å². The number of nitrogens with zero attached hydrogens (tertiary/aromatic N) is 3. The molecule has 1 fully saturated rings. The second-order valence-electron chi connectivity index (χ2n) is 7.56. The van der Waals surface area contributed by atoms with E-state index in [-0.39, 0.29) is 23.3 Å². The molecule has 0 unspecified atom stereocenters. The molecule has 0 bridgehead atoms. The van der Waals surface area contributed by atoms with Crippen molar-refractivity contribution in [1.82, 2.24) is 14.8 Å². The standard InChI is InChI=1S/C22H20F3N5O2S/c1-13(31)26-15-5-4-6-16(11-15)30-20(14-9-10-14)28-29-21(30)33-12-19(32)27-18-8-3-2-7-17(18)22(23,24)25/h2-8,11,14H,9-10,12H2,1H3,(H,26,31)(H,27,32). The number of aromatic nitrogens is 3. The molecule has 172 valence electrons. The third kappa shape index (κ3) is 5.54. The Labute approximate surface area is 191 Å². The summed E-state index contributed by atoms with van der Waals surface area (Å²) in [4.78, 5) is 23.9. The second kappa shape index (κ2) is 9.26. The lowest BCUT2D eigenvalue weighted by Crippen LogP contribution is -2.18. The number of benzene rings is 2. The molecule has 1 aromatic heterocycles. The maximum atomic E-state index is 13.2. The zero-order valence-electron chi connectivity index (χ0n) is 17.5. The van der Waals surface area contributed by atoms with E-state index in [1.807, 2.05) is 10.6 Å². The monoisotopic (exact) mass is 475 g/mol. The lowest BCUT2D eigenvalue weighted by Gasteiger charge is -2.14. The summed E-state index contributed by atoms with van der Waals surface area (Å²) in [7, 11) is 0. The van der Waals surface area contributed by atoms with Crippen molar-refractivity contribution in [3.8, 4) is 5.69 Å². The molecule has 1 heterocycles. The first-order valence-electron chi connectivity index (χ1n) is 10.1. The summed E-state index contributed by atoms with van der Waals surface area (Å²) >= 11 is 1.08. The van der Waals surface area contributed by atoms with Gasteiger partial charge in [-0.1, -0.05) is 30.0 Å². The number of halogens is 3. The third-order valence-electron chi connectivity index (χ3n) is 4.86. The number of anilines is 2. The number of carbonyl (C=O) groups is 2. The van der Waals surface area contributed by atoms with E-state index in [4.69, 9.17) is 0 Å². The van der Waals surface area contributed by atoms with E-state index in [1.165, 1.54) is 25.1 Å². The summed E-state index contributed by atoms with van der Waals surface area (Å²) in [6.45, 7) is 1.41. The fourth-order valence-corrected chi connectivity index (χ4v) is 4.06. The van der Waals surface area contributed by atoms with Gasteiger partial charge >= 0.3 is 6.18 Å². The third-order valence-corrected chi connectivity index (χ3v) is 5.79. The van der Waals surface area contributed by atoms with E-state index in [2.05, 4.69) is 20.8 Å². The lowest BCUT2D eigenvalue weighted by molar-refractivity contribution is -0.137. The quantitative estimate of drug-likeness (QED) is 0.477. The summed E-state index contributed by atoms with van der Waals surface area (Å²) in [5.74, 6) is 0.0550. The highest BCUT2D eigenvalue weighted by atomic mass is 32.2. The second-order valence-corrected chi connectivity index (χ2v) is 8.50. The Hall–Kier alpha value is -3.34. The van der Waals surface area contributed by atoms with Crippen LogP contribution in [0.2, 0.25) is 0 Å². The number of rotatable bonds is 7. The van der Waals surface area contributed by atoms with Crippen LogP contribution < -0.4 is 10.6 Å². The number of hydrogen-bond donors (Lipinski definition) is 2. The van der Waals surface area contributed by atoms with Gasteiger partial charge in [0.1, 0.15) is 5.82 Å². The topological polar surface area (TPSA) is 88.9 Å². The fourth-order valence-electron chi connectivity index (χ4n) is 3.31. The van der Waals surface area contributed by atoms with Gasteiger partial charge in [0, 0.05) is 18.5 Å². The van der Waals surface area contributed by atoms with Crippen LogP contribution in [0.4, 0.5) is 24.5 Å². The van der Waals surface area contributed by atoms with Gasteiger partial charge in [0.25, 0.3) is 0 Å². The zero-order valence-corrected chi connectivity index (χ0v) is 18.3. The van der Waals surface area contributed by atoms with E-state index >= 15 is 0 Å². The van der Waals surface area contributed by atoms with Crippen LogP contribution in [0.15, 0.2) is 53.7 Å². The van der Waals surface area contributed by atoms with Crippen molar-refractivity contribution in [3.05, 3.63) is 59.9 Å². The van der Waals surface area contributed by atoms with Crippen molar-refractivity contribution >= 4 is 35.0 Å². The lowest BCUT2D eigenvalue weighted by atomic mass is 10.1. The van der Waals surface area contributed by atoms with E-state index in [1.54, 1.807) is 18.2 Å². The number of amides is 2. The number of thioether (sulfide) groups is 1. The maximum Gasteiger partial charge on any atom is 0.418 e. The number of hydrogen-bond acceptors (Lipinski definition) is 5. The fraction of sp³-hybridized carbons (Fsp3) is 0.273. The molecule has 2 aromatic carbocycles. The van der Waals surface area contributed by atoms with Crippen molar-refractivity contribution in [2.24, 2.45) is 0 Å². The number of carbonyl (C=O) groups excluding carboxylic acids is 2. The van der Waals surface area contributed by atoms with E-state index < -0.39 is 17.6 Å². The van der Waals surface area contributed by atoms with Gasteiger partial charge in [0.05, 0.1) is 22.7 Å². The van der Waals surface area contributed by atoms with Gasteiger partial charge in [0.2, 0.25) is 11.8 Å². The first kappa shape index (κ1) is 22.8. The minimum Gasteiger partial charge on any atom is -0.326 e. The van der Waals surface area contributed by atoms with Crippen LogP contribution in [-0.4, -0.2) is 32.3 Å². The Morgan fingerprint density at radius 1 is 1.09 bits per heavy atom. The minimum atomic E-state index is -4.57. The summed E-state index contributed by atoms with van der Waals surface area (Å²) in [5.41, 5.74) is 0.127. The molecule has 0 aliphatic heterocycles. The molecule has 11 heteroatoms. The molecule has 0 radical (unpaired) electrons. The van der Waals surface area contributed by atoms with Crippen LogP contribution in [-0.2, 0) is 15.8 Å². The van der Waals surface area contributed by atoms with E-state index in [0.717, 1.165) is 42.2 Å². The number of alkyl halides is 3. The Morgan fingerprint density at radius 3 is 2.55 bits per heavy atom. The predicted molar refractivity (Wildman–Crippen MR) is 118 cm³/mol. The van der Waals surface area contributed by atoms with Gasteiger partial charge in [-0.25, -0.2) is 0 Å². The molecule has 0 spiro atoms. The minimum absolute atomic E-state index is 0.152. The zero-order chi connectivity index (χ0) is 23.6. The Balaban J connectivity index is 1.53. The Kier molecular flexibility index (Phi) is 6.41. The first-order valence-corrected chi connectivity index (χ1v) is 11.1. The highest BCUT2D eigenvalue weighted by Gasteiger charge is 2.34. The van der Waals surface area contributed by atoms with Crippen LogP contribution in [0.1, 0.15) is 37.1 Å². The van der Waals surface area contributed by atoms with Crippen LogP contribution in [0.5, 0.6) is 0 Å². The Morgan fingerprint density at radius 2 is 1.85 bits per heavy atom. The molecule has 33 heavy (non-hydrogen) atoms.